The third-order valence-corrected chi connectivity index (χ3v) is 5.45. The normalized spacial score (nSPS) is 11.7. The minimum absolute atomic E-state index is 0.0557. The van der Waals surface area contributed by atoms with Gasteiger partial charge in [0.15, 0.2) is 11.5 Å². The van der Waals surface area contributed by atoms with Gasteiger partial charge < -0.3 is 19.7 Å². The highest BCUT2D eigenvalue weighted by Gasteiger charge is 2.26. The second kappa shape index (κ2) is 10.7. The SMILES string of the molecule is CCNC(=O)N(Cc1c(C)nn(-c2ccccc2)c1Oc1ccccc1OC)[C@H](C)CC. The summed E-state index contributed by atoms with van der Waals surface area (Å²) in [4.78, 5) is 14.7. The topological polar surface area (TPSA) is 68.6 Å². The van der Waals surface area contributed by atoms with E-state index in [-0.39, 0.29) is 12.1 Å². The lowest BCUT2D eigenvalue weighted by Gasteiger charge is -2.29. The third kappa shape index (κ3) is 5.04. The molecule has 0 fully saturated rings. The molecule has 0 aliphatic rings. The van der Waals surface area contributed by atoms with Gasteiger partial charge in [-0.25, -0.2) is 9.48 Å². The van der Waals surface area contributed by atoms with Crippen molar-refractivity contribution in [2.24, 2.45) is 0 Å². The number of aryl methyl sites for hydroxylation is 1. The molecule has 1 heterocycles. The van der Waals surface area contributed by atoms with Gasteiger partial charge in [-0.2, -0.15) is 5.10 Å². The number of benzene rings is 2. The number of carbonyl (C=O) groups excluding carboxylic acids is 1. The number of hydrogen-bond acceptors (Lipinski definition) is 4. The van der Waals surface area contributed by atoms with Crippen LogP contribution in [0.4, 0.5) is 4.79 Å². The van der Waals surface area contributed by atoms with Crippen molar-refractivity contribution >= 4 is 6.03 Å². The number of amides is 2. The molecule has 32 heavy (non-hydrogen) atoms. The van der Waals surface area contributed by atoms with E-state index in [1.165, 1.54) is 0 Å². The Morgan fingerprint density at radius 3 is 2.38 bits per heavy atom. The molecule has 1 N–H and O–H groups in total. The molecular weight excluding hydrogens is 404 g/mol. The first-order valence-corrected chi connectivity index (χ1v) is 11.0. The summed E-state index contributed by atoms with van der Waals surface area (Å²) in [6, 6.07) is 17.3. The van der Waals surface area contributed by atoms with Crippen LogP contribution in [-0.4, -0.2) is 40.4 Å². The summed E-state index contributed by atoms with van der Waals surface area (Å²) in [6.45, 7) is 8.93. The average Bonchev–Trinajstić information content (AvgIpc) is 3.12. The van der Waals surface area contributed by atoms with E-state index in [2.05, 4.69) is 12.2 Å². The molecule has 3 aromatic rings. The number of nitrogens with one attached hydrogen (secondary N) is 1. The zero-order valence-corrected chi connectivity index (χ0v) is 19.5. The molecule has 2 aromatic carbocycles. The molecule has 0 unspecified atom stereocenters. The smallest absolute Gasteiger partial charge is 0.317 e. The fraction of sp³-hybridized carbons (Fsp3) is 0.360. The summed E-state index contributed by atoms with van der Waals surface area (Å²) in [5.41, 5.74) is 2.53. The number of aromatic nitrogens is 2. The molecule has 0 spiro atoms. The number of methoxy groups -OCH3 is 1. The maximum atomic E-state index is 12.8. The molecule has 0 saturated carbocycles. The highest BCUT2D eigenvalue weighted by atomic mass is 16.5. The maximum absolute atomic E-state index is 12.8. The molecule has 1 aromatic heterocycles. The Hall–Kier alpha value is -3.48. The maximum Gasteiger partial charge on any atom is 0.317 e. The van der Waals surface area contributed by atoms with Crippen LogP contribution < -0.4 is 14.8 Å². The molecule has 0 radical (unpaired) electrons. The number of urea groups is 1. The number of ether oxygens (including phenoxy) is 2. The van der Waals surface area contributed by atoms with Crippen molar-refractivity contribution in [2.45, 2.75) is 46.7 Å². The van der Waals surface area contributed by atoms with Crippen LogP contribution in [0.15, 0.2) is 54.6 Å². The van der Waals surface area contributed by atoms with E-state index >= 15 is 0 Å². The second-order valence-corrected chi connectivity index (χ2v) is 7.59. The Morgan fingerprint density at radius 2 is 1.75 bits per heavy atom. The van der Waals surface area contributed by atoms with E-state index in [1.807, 2.05) is 80.3 Å². The molecule has 2 amide bonds. The van der Waals surface area contributed by atoms with Crippen molar-refractivity contribution in [3.05, 3.63) is 65.9 Å². The van der Waals surface area contributed by atoms with E-state index in [0.717, 1.165) is 23.4 Å². The number of nitrogens with zero attached hydrogens (tertiary/aromatic N) is 3. The predicted molar refractivity (Wildman–Crippen MR) is 126 cm³/mol. The monoisotopic (exact) mass is 436 g/mol. The Bertz CT molecular complexity index is 1030. The van der Waals surface area contributed by atoms with Crippen LogP contribution in [0.3, 0.4) is 0 Å². The van der Waals surface area contributed by atoms with Crippen LogP contribution in [-0.2, 0) is 6.54 Å². The van der Waals surface area contributed by atoms with Gasteiger partial charge in [0.25, 0.3) is 0 Å². The van der Waals surface area contributed by atoms with Gasteiger partial charge in [0.1, 0.15) is 0 Å². The Morgan fingerprint density at radius 1 is 1.09 bits per heavy atom. The van der Waals surface area contributed by atoms with Gasteiger partial charge >= 0.3 is 6.03 Å². The van der Waals surface area contributed by atoms with Gasteiger partial charge in [0.2, 0.25) is 5.88 Å². The highest BCUT2D eigenvalue weighted by molar-refractivity contribution is 5.74. The van der Waals surface area contributed by atoms with Gasteiger partial charge in [-0.3, -0.25) is 0 Å². The minimum Gasteiger partial charge on any atom is -0.493 e. The minimum atomic E-state index is -0.100. The summed E-state index contributed by atoms with van der Waals surface area (Å²) in [6.07, 6.45) is 0.839. The number of carbonyl (C=O) groups is 1. The van der Waals surface area contributed by atoms with Crippen molar-refractivity contribution in [1.29, 1.82) is 0 Å². The number of para-hydroxylation sites is 3. The molecule has 0 saturated heterocycles. The lowest BCUT2D eigenvalue weighted by atomic mass is 10.1. The Balaban J connectivity index is 2.10. The number of rotatable bonds is 9. The molecule has 7 heteroatoms. The van der Waals surface area contributed by atoms with E-state index in [4.69, 9.17) is 14.6 Å². The van der Waals surface area contributed by atoms with Crippen molar-refractivity contribution in [3.8, 4) is 23.1 Å². The Labute approximate surface area is 190 Å². The van der Waals surface area contributed by atoms with Crippen molar-refractivity contribution in [2.75, 3.05) is 13.7 Å². The summed E-state index contributed by atoms with van der Waals surface area (Å²) >= 11 is 0. The fourth-order valence-corrected chi connectivity index (χ4v) is 3.45. The van der Waals surface area contributed by atoms with Crippen LogP contribution in [0.1, 0.15) is 38.4 Å². The first-order chi connectivity index (χ1) is 15.5. The van der Waals surface area contributed by atoms with E-state index < -0.39 is 0 Å². The first kappa shape index (κ1) is 23.2. The molecule has 3 rings (SSSR count). The van der Waals surface area contributed by atoms with Crippen molar-refractivity contribution in [1.82, 2.24) is 20.0 Å². The molecule has 170 valence electrons. The quantitative estimate of drug-likeness (QED) is 0.493. The van der Waals surface area contributed by atoms with Gasteiger partial charge in [0.05, 0.1) is 30.6 Å². The largest absolute Gasteiger partial charge is 0.493 e. The van der Waals surface area contributed by atoms with Gasteiger partial charge in [-0.15, -0.1) is 0 Å². The van der Waals surface area contributed by atoms with Crippen LogP contribution >= 0.6 is 0 Å². The van der Waals surface area contributed by atoms with Crippen molar-refractivity contribution in [3.63, 3.8) is 0 Å². The van der Waals surface area contributed by atoms with Crippen LogP contribution in [0, 0.1) is 6.92 Å². The second-order valence-electron chi connectivity index (χ2n) is 7.59. The molecule has 0 bridgehead atoms. The van der Waals surface area contributed by atoms with Crippen molar-refractivity contribution < 1.29 is 14.3 Å². The zero-order chi connectivity index (χ0) is 23.1. The molecule has 7 nitrogen and oxygen atoms in total. The molecule has 0 aliphatic heterocycles. The molecular formula is C25H32N4O3. The summed E-state index contributed by atoms with van der Waals surface area (Å²) < 4.78 is 13.7. The predicted octanol–water partition coefficient (Wildman–Crippen LogP) is 5.31. The summed E-state index contributed by atoms with van der Waals surface area (Å²) in [7, 11) is 1.61. The first-order valence-electron chi connectivity index (χ1n) is 11.0. The van der Waals surface area contributed by atoms with E-state index in [0.29, 0.717) is 30.5 Å². The van der Waals surface area contributed by atoms with Crippen LogP contribution in [0.25, 0.3) is 5.69 Å². The zero-order valence-electron chi connectivity index (χ0n) is 19.5. The van der Waals surface area contributed by atoms with Gasteiger partial charge in [-0.1, -0.05) is 37.3 Å². The van der Waals surface area contributed by atoms with E-state index in [9.17, 15) is 4.79 Å². The Kier molecular flexibility index (Phi) is 7.76. The van der Waals surface area contributed by atoms with Gasteiger partial charge in [0, 0.05) is 12.6 Å². The summed E-state index contributed by atoms with van der Waals surface area (Å²) in [5, 5.41) is 7.69. The van der Waals surface area contributed by atoms with Crippen LogP contribution in [0.2, 0.25) is 0 Å². The molecule has 0 aliphatic carbocycles. The fourth-order valence-electron chi connectivity index (χ4n) is 3.45. The van der Waals surface area contributed by atoms with Crippen LogP contribution in [0.5, 0.6) is 17.4 Å². The molecule has 1 atom stereocenters. The third-order valence-electron chi connectivity index (χ3n) is 5.45. The van der Waals surface area contributed by atoms with Gasteiger partial charge in [-0.05, 0) is 51.5 Å². The average molecular weight is 437 g/mol. The highest BCUT2D eigenvalue weighted by Crippen LogP contribution is 2.36. The lowest BCUT2D eigenvalue weighted by Crippen LogP contribution is -2.44. The van der Waals surface area contributed by atoms with E-state index in [1.54, 1.807) is 11.8 Å². The number of hydrogen-bond donors (Lipinski definition) is 1. The lowest BCUT2D eigenvalue weighted by molar-refractivity contribution is 0.173. The standard InChI is InChI=1S/C25H32N4O3/c1-6-18(3)28(25(30)26-7-2)17-21-19(4)27-29(20-13-9-8-10-14-20)24(21)32-23-16-12-11-15-22(23)31-5/h8-16,18H,6-7,17H2,1-5H3,(H,26,30)/t18-/m1/s1. The summed E-state index contributed by atoms with van der Waals surface area (Å²) in [5.74, 6) is 1.77.